The monoisotopic (exact) mass is 343 g/mol. The van der Waals surface area contributed by atoms with Gasteiger partial charge in [-0.3, -0.25) is 9.71 Å². The van der Waals surface area contributed by atoms with Gasteiger partial charge >= 0.3 is 0 Å². The lowest BCUT2D eigenvalue weighted by molar-refractivity contribution is 0.600. The van der Waals surface area contributed by atoms with Crippen LogP contribution in [-0.4, -0.2) is 30.4 Å². The van der Waals surface area contributed by atoms with Crippen molar-refractivity contribution in [2.75, 3.05) is 17.1 Å². The number of nitrogens with zero attached hydrogens (tertiary/aromatic N) is 3. The minimum Gasteiger partial charge on any atom is -0.357 e. The molecule has 9 heteroatoms. The van der Waals surface area contributed by atoms with E-state index in [4.69, 9.17) is 0 Å². The highest BCUT2D eigenvalue weighted by Crippen LogP contribution is 2.23. The summed E-state index contributed by atoms with van der Waals surface area (Å²) in [5.41, 5.74) is 0.396. The Morgan fingerprint density at radius 1 is 1.21 bits per heavy atom. The average Bonchev–Trinajstić information content (AvgIpc) is 2.41. The number of sulfonamides is 1. The van der Waals surface area contributed by atoms with E-state index in [9.17, 15) is 8.42 Å². The maximum atomic E-state index is 12.1. The maximum Gasteiger partial charge on any atom is 0.265 e. The van der Waals surface area contributed by atoms with Gasteiger partial charge in [0.05, 0.1) is 22.6 Å². The van der Waals surface area contributed by atoms with E-state index >= 15 is 0 Å². The van der Waals surface area contributed by atoms with Crippen LogP contribution in [0.5, 0.6) is 0 Å². The summed E-state index contributed by atoms with van der Waals surface area (Å²) < 4.78 is 27.2. The number of hydrogen-bond acceptors (Lipinski definition) is 6. The summed E-state index contributed by atoms with van der Waals surface area (Å²) in [6, 6.07) is 1.55. The van der Waals surface area contributed by atoms with Crippen molar-refractivity contribution in [2.24, 2.45) is 0 Å². The van der Waals surface area contributed by atoms with Crippen LogP contribution >= 0.6 is 15.9 Å². The molecule has 100 valence electrons. The quantitative estimate of drug-likeness (QED) is 0.872. The van der Waals surface area contributed by atoms with Gasteiger partial charge in [0.25, 0.3) is 10.0 Å². The number of pyridine rings is 1. The topological polar surface area (TPSA) is 96.9 Å². The van der Waals surface area contributed by atoms with Crippen LogP contribution in [-0.2, 0) is 10.0 Å². The Labute approximate surface area is 118 Å². The van der Waals surface area contributed by atoms with Crippen molar-refractivity contribution in [1.82, 2.24) is 15.0 Å². The Balaban J connectivity index is 2.30. The molecule has 0 aliphatic rings. The molecule has 2 aromatic heterocycles. The molecule has 0 aromatic carbocycles. The first-order chi connectivity index (χ1) is 9.03. The lowest BCUT2D eigenvalue weighted by Crippen LogP contribution is -2.14. The molecule has 0 amide bonds. The van der Waals surface area contributed by atoms with Gasteiger partial charge < -0.3 is 5.32 Å². The van der Waals surface area contributed by atoms with Crippen molar-refractivity contribution in [3.05, 3.63) is 35.3 Å². The first-order valence-electron chi connectivity index (χ1n) is 5.15. The van der Waals surface area contributed by atoms with Crippen LogP contribution in [0.2, 0.25) is 0 Å². The molecule has 0 unspecified atom stereocenters. The molecule has 2 N–H and O–H groups in total. The Hall–Kier alpha value is -1.74. The van der Waals surface area contributed by atoms with Crippen molar-refractivity contribution >= 4 is 37.6 Å². The lowest BCUT2D eigenvalue weighted by Gasteiger charge is -2.08. The molecule has 2 heterocycles. The Kier molecular flexibility index (Phi) is 3.96. The molecule has 0 saturated carbocycles. The summed E-state index contributed by atoms with van der Waals surface area (Å²) in [6.07, 6.45) is 5.45. The number of aromatic nitrogens is 3. The fourth-order valence-electron chi connectivity index (χ4n) is 1.25. The van der Waals surface area contributed by atoms with E-state index in [1.165, 1.54) is 24.8 Å². The van der Waals surface area contributed by atoms with Crippen LogP contribution in [0.25, 0.3) is 0 Å². The van der Waals surface area contributed by atoms with Gasteiger partial charge in [0.2, 0.25) is 5.95 Å². The molecule has 7 nitrogen and oxygen atoms in total. The number of hydrogen-bond donors (Lipinski definition) is 2. The predicted octanol–water partition coefficient (Wildman–Crippen LogP) is 1.48. The molecule has 0 fully saturated rings. The van der Waals surface area contributed by atoms with Gasteiger partial charge in [0.15, 0.2) is 0 Å². The van der Waals surface area contributed by atoms with E-state index in [2.05, 4.69) is 40.9 Å². The fraction of sp³-hybridized carbons (Fsp3) is 0.100. The highest BCUT2D eigenvalue weighted by Gasteiger charge is 2.16. The normalized spacial score (nSPS) is 11.1. The number of anilines is 2. The van der Waals surface area contributed by atoms with Crippen LogP contribution in [0.4, 0.5) is 11.6 Å². The molecular weight excluding hydrogens is 334 g/mol. The molecular formula is C10H10BrN5O2S. The number of halogens is 1. The summed E-state index contributed by atoms with van der Waals surface area (Å²) in [5, 5.41) is 2.71. The van der Waals surface area contributed by atoms with Gasteiger partial charge in [0, 0.05) is 19.4 Å². The van der Waals surface area contributed by atoms with Gasteiger partial charge in [-0.1, -0.05) is 0 Å². The standard InChI is InChI=1S/C10H10BrN5O2S/c1-12-10-14-4-7(5-15-10)19(17,18)16-9-2-3-13-6-8(9)11/h2-6H,1H3,(H,13,16)(H,12,14,15). The zero-order valence-electron chi connectivity index (χ0n) is 9.83. The third-order valence-electron chi connectivity index (χ3n) is 2.18. The third kappa shape index (κ3) is 3.18. The van der Waals surface area contributed by atoms with Crippen LogP contribution in [0.1, 0.15) is 0 Å². The highest BCUT2D eigenvalue weighted by atomic mass is 79.9. The molecule has 0 atom stereocenters. The Morgan fingerprint density at radius 3 is 2.47 bits per heavy atom. The average molecular weight is 344 g/mol. The van der Waals surface area contributed by atoms with Crippen molar-refractivity contribution in [3.63, 3.8) is 0 Å². The minimum absolute atomic E-state index is 0.0183. The number of rotatable bonds is 4. The van der Waals surface area contributed by atoms with Gasteiger partial charge in [-0.15, -0.1) is 0 Å². The summed E-state index contributed by atoms with van der Waals surface area (Å²) >= 11 is 3.21. The van der Waals surface area contributed by atoms with Crippen molar-refractivity contribution in [1.29, 1.82) is 0 Å². The second-order valence-electron chi connectivity index (χ2n) is 3.45. The van der Waals surface area contributed by atoms with Gasteiger partial charge in [-0.05, 0) is 22.0 Å². The molecule has 0 saturated heterocycles. The molecule has 0 radical (unpaired) electrons. The molecule has 0 aliphatic heterocycles. The first-order valence-corrected chi connectivity index (χ1v) is 7.42. The van der Waals surface area contributed by atoms with Crippen molar-refractivity contribution < 1.29 is 8.42 Å². The maximum absolute atomic E-state index is 12.1. The first kappa shape index (κ1) is 13.7. The summed E-state index contributed by atoms with van der Waals surface area (Å²) in [7, 11) is -2.07. The predicted molar refractivity (Wildman–Crippen MR) is 74.3 cm³/mol. The van der Waals surface area contributed by atoms with Crippen LogP contribution in [0, 0.1) is 0 Å². The zero-order chi connectivity index (χ0) is 13.9. The molecule has 0 bridgehead atoms. The molecule has 2 aromatic rings. The smallest absolute Gasteiger partial charge is 0.265 e. The molecule has 0 spiro atoms. The summed E-state index contributed by atoms with van der Waals surface area (Å²) in [5.74, 6) is 0.351. The molecule has 2 rings (SSSR count). The van der Waals surface area contributed by atoms with E-state index in [0.29, 0.717) is 16.1 Å². The summed E-state index contributed by atoms with van der Waals surface area (Å²) in [6.45, 7) is 0. The Morgan fingerprint density at radius 2 is 1.89 bits per heavy atom. The lowest BCUT2D eigenvalue weighted by atomic mass is 10.4. The second kappa shape index (κ2) is 5.49. The van der Waals surface area contributed by atoms with E-state index < -0.39 is 10.0 Å². The van der Waals surface area contributed by atoms with Gasteiger partial charge in [-0.2, -0.15) is 0 Å². The minimum atomic E-state index is -3.72. The molecule has 19 heavy (non-hydrogen) atoms. The number of nitrogens with one attached hydrogen (secondary N) is 2. The zero-order valence-corrected chi connectivity index (χ0v) is 12.2. The Bertz CT molecular complexity index is 675. The molecule has 0 aliphatic carbocycles. The van der Waals surface area contributed by atoms with Gasteiger partial charge in [0.1, 0.15) is 4.90 Å². The van der Waals surface area contributed by atoms with E-state index in [0.717, 1.165) is 0 Å². The van der Waals surface area contributed by atoms with E-state index in [1.54, 1.807) is 13.1 Å². The van der Waals surface area contributed by atoms with Crippen molar-refractivity contribution in [3.8, 4) is 0 Å². The third-order valence-corrected chi connectivity index (χ3v) is 4.13. The SMILES string of the molecule is CNc1ncc(S(=O)(=O)Nc2ccncc2Br)cn1. The van der Waals surface area contributed by atoms with E-state index in [-0.39, 0.29) is 4.90 Å². The van der Waals surface area contributed by atoms with Crippen LogP contribution in [0.15, 0.2) is 40.2 Å². The van der Waals surface area contributed by atoms with Crippen molar-refractivity contribution in [2.45, 2.75) is 4.90 Å². The van der Waals surface area contributed by atoms with Crippen LogP contribution in [0.3, 0.4) is 0 Å². The highest BCUT2D eigenvalue weighted by molar-refractivity contribution is 9.10. The second-order valence-corrected chi connectivity index (χ2v) is 5.99. The van der Waals surface area contributed by atoms with Gasteiger partial charge in [-0.25, -0.2) is 18.4 Å². The summed E-state index contributed by atoms with van der Waals surface area (Å²) in [4.78, 5) is 11.6. The largest absolute Gasteiger partial charge is 0.357 e. The van der Waals surface area contributed by atoms with Crippen LogP contribution < -0.4 is 10.0 Å². The fourth-order valence-corrected chi connectivity index (χ4v) is 2.69. The van der Waals surface area contributed by atoms with E-state index in [1.807, 2.05) is 0 Å².